The summed E-state index contributed by atoms with van der Waals surface area (Å²) in [6.45, 7) is 4.55. The zero-order chi connectivity index (χ0) is 37.4. The van der Waals surface area contributed by atoms with Gasteiger partial charge in [-0.15, -0.1) is 0 Å². The van der Waals surface area contributed by atoms with Gasteiger partial charge in [-0.05, 0) is 59.1 Å². The summed E-state index contributed by atoms with van der Waals surface area (Å²) in [6, 6.07) is 33.1. The Morgan fingerprint density at radius 1 is 0.321 bits per heavy atom. The molecule has 0 unspecified atom stereocenters. The van der Waals surface area contributed by atoms with Crippen LogP contribution in [-0.4, -0.2) is 11.6 Å². The molecule has 0 bridgehead atoms. The number of benzene rings is 4. The smallest absolute Gasteiger partial charge is 0.170 e. The van der Waals surface area contributed by atoms with Gasteiger partial charge in [0.25, 0.3) is 0 Å². The van der Waals surface area contributed by atoms with Gasteiger partial charge < -0.3 is 0 Å². The van der Waals surface area contributed by atoms with Gasteiger partial charge in [-0.2, -0.15) is 0 Å². The van der Waals surface area contributed by atoms with Crippen LogP contribution in [0.25, 0.3) is 22.3 Å². The van der Waals surface area contributed by atoms with Gasteiger partial charge in [0.05, 0.1) is 6.42 Å². The van der Waals surface area contributed by atoms with Gasteiger partial charge in [0.15, 0.2) is 11.6 Å². The number of carbonyl (C=O) groups excluding carboxylic acids is 2. The minimum Gasteiger partial charge on any atom is -0.294 e. The van der Waals surface area contributed by atoms with Crippen LogP contribution in [0.1, 0.15) is 181 Å². The monoisotopic (exact) mass is 713 g/mol. The molecular weight excluding hydrogens is 645 g/mol. The lowest BCUT2D eigenvalue weighted by Gasteiger charge is -2.08. The SMILES string of the molecule is CCCCCCCCCCCCc1ccc(-c2ccc(C(=O)CC(=O)c3ccc(-c4ccc(CCCCCCCCCCCC)cc4)cc3)cc2)cc1. The summed E-state index contributed by atoms with van der Waals surface area (Å²) in [6.07, 6.45) is 29.4. The standard InChI is InChI=1S/C51H68O2/c1-3-5-7-9-11-13-15-17-19-21-23-42-25-29-44(30-26-42)46-33-37-48(38-34-46)50(52)41-51(53)49-39-35-47(36-40-49)45-31-27-43(28-32-45)24-22-20-18-16-14-12-10-8-6-4-2/h25-40H,3-24,41H2,1-2H3. The van der Waals surface area contributed by atoms with Gasteiger partial charge in [0.1, 0.15) is 0 Å². The lowest BCUT2D eigenvalue weighted by Crippen LogP contribution is -2.08. The summed E-state index contributed by atoms with van der Waals surface area (Å²) in [5.41, 5.74) is 8.40. The van der Waals surface area contributed by atoms with Crippen LogP contribution in [0.4, 0.5) is 0 Å². The highest BCUT2D eigenvalue weighted by Crippen LogP contribution is 2.24. The maximum Gasteiger partial charge on any atom is 0.170 e. The molecule has 0 radical (unpaired) electrons. The molecule has 0 amide bonds. The number of carbonyl (C=O) groups is 2. The highest BCUT2D eigenvalue weighted by Gasteiger charge is 2.14. The molecule has 0 spiro atoms. The number of ketones is 2. The summed E-state index contributed by atoms with van der Waals surface area (Å²) in [7, 11) is 0. The topological polar surface area (TPSA) is 34.1 Å². The average Bonchev–Trinajstić information content (AvgIpc) is 3.20. The predicted octanol–water partition coefficient (Wildman–Crippen LogP) is 15.4. The lowest BCUT2D eigenvalue weighted by atomic mass is 9.96. The third-order valence-corrected chi connectivity index (χ3v) is 10.9. The number of hydrogen-bond donors (Lipinski definition) is 0. The van der Waals surface area contributed by atoms with E-state index >= 15 is 0 Å². The van der Waals surface area contributed by atoms with Crippen LogP contribution in [0.2, 0.25) is 0 Å². The van der Waals surface area contributed by atoms with E-state index in [1.54, 1.807) is 0 Å². The Labute approximate surface area is 323 Å². The molecule has 53 heavy (non-hydrogen) atoms. The molecule has 0 aromatic heterocycles. The molecule has 0 heterocycles. The molecule has 4 aromatic carbocycles. The highest BCUT2D eigenvalue weighted by atomic mass is 16.1. The Kier molecular flexibility index (Phi) is 20.0. The zero-order valence-corrected chi connectivity index (χ0v) is 33.3. The first-order chi connectivity index (χ1) is 26.1. The largest absolute Gasteiger partial charge is 0.294 e. The van der Waals surface area contributed by atoms with Gasteiger partial charge in [0, 0.05) is 11.1 Å². The molecule has 284 valence electrons. The van der Waals surface area contributed by atoms with E-state index in [0.29, 0.717) is 11.1 Å². The minimum atomic E-state index is -0.143. The quantitative estimate of drug-likeness (QED) is 0.0334. The average molecular weight is 713 g/mol. The van der Waals surface area contributed by atoms with Crippen molar-refractivity contribution in [3.63, 3.8) is 0 Å². The van der Waals surface area contributed by atoms with Crippen LogP contribution in [0.15, 0.2) is 97.1 Å². The Hall–Kier alpha value is -3.78. The van der Waals surface area contributed by atoms with Gasteiger partial charge >= 0.3 is 0 Å². The molecule has 0 atom stereocenters. The molecule has 0 aliphatic carbocycles. The summed E-state index contributed by atoms with van der Waals surface area (Å²) in [4.78, 5) is 26.1. The number of Topliss-reactive ketones (excluding diaryl/α,β-unsaturated/α-hetero) is 2. The molecule has 4 rings (SSSR count). The van der Waals surface area contributed by atoms with Crippen molar-refractivity contribution >= 4 is 11.6 Å². The summed E-state index contributed by atoms with van der Waals surface area (Å²) in [5.74, 6) is -0.286. The Morgan fingerprint density at radius 2 is 0.566 bits per heavy atom. The molecule has 0 saturated heterocycles. The van der Waals surface area contributed by atoms with Crippen molar-refractivity contribution in [2.75, 3.05) is 0 Å². The minimum absolute atomic E-state index is 0.125. The van der Waals surface area contributed by atoms with E-state index in [-0.39, 0.29) is 18.0 Å². The van der Waals surface area contributed by atoms with Crippen LogP contribution in [0.3, 0.4) is 0 Å². The summed E-state index contributed by atoms with van der Waals surface area (Å²) >= 11 is 0. The van der Waals surface area contributed by atoms with Gasteiger partial charge in [-0.1, -0.05) is 226 Å². The fourth-order valence-corrected chi connectivity index (χ4v) is 7.41. The van der Waals surface area contributed by atoms with Crippen LogP contribution in [-0.2, 0) is 12.8 Å². The van der Waals surface area contributed by atoms with E-state index in [2.05, 4.69) is 62.4 Å². The van der Waals surface area contributed by atoms with Crippen molar-refractivity contribution in [1.29, 1.82) is 0 Å². The van der Waals surface area contributed by atoms with Crippen LogP contribution in [0.5, 0.6) is 0 Å². The highest BCUT2D eigenvalue weighted by molar-refractivity contribution is 6.13. The van der Waals surface area contributed by atoms with Gasteiger partial charge in [-0.25, -0.2) is 0 Å². The van der Waals surface area contributed by atoms with E-state index in [1.807, 2.05) is 48.5 Å². The van der Waals surface area contributed by atoms with E-state index < -0.39 is 0 Å². The van der Waals surface area contributed by atoms with Crippen molar-refractivity contribution in [3.8, 4) is 22.3 Å². The van der Waals surface area contributed by atoms with E-state index in [0.717, 1.165) is 35.1 Å². The second kappa shape index (κ2) is 25.3. The molecule has 0 aliphatic rings. The van der Waals surface area contributed by atoms with Crippen molar-refractivity contribution < 1.29 is 9.59 Å². The third-order valence-electron chi connectivity index (χ3n) is 10.9. The molecule has 0 aliphatic heterocycles. The molecule has 4 aromatic rings. The number of unbranched alkanes of at least 4 members (excludes halogenated alkanes) is 18. The van der Waals surface area contributed by atoms with Crippen LogP contribution in [0, 0.1) is 0 Å². The zero-order valence-electron chi connectivity index (χ0n) is 33.3. The summed E-state index contributed by atoms with van der Waals surface area (Å²) < 4.78 is 0. The number of rotatable bonds is 28. The maximum atomic E-state index is 13.0. The molecule has 0 N–H and O–H groups in total. The molecule has 2 nitrogen and oxygen atoms in total. The second-order valence-electron chi connectivity index (χ2n) is 15.4. The van der Waals surface area contributed by atoms with E-state index in [9.17, 15) is 9.59 Å². The summed E-state index contributed by atoms with van der Waals surface area (Å²) in [5, 5.41) is 0. The number of aryl methyl sites for hydroxylation is 2. The van der Waals surface area contributed by atoms with E-state index in [1.165, 1.54) is 140 Å². The first kappa shape index (κ1) is 42.0. The first-order valence-corrected chi connectivity index (χ1v) is 21.5. The molecule has 0 fully saturated rings. The Balaban J connectivity index is 1.14. The van der Waals surface area contributed by atoms with Crippen LogP contribution >= 0.6 is 0 Å². The Bertz CT molecular complexity index is 1440. The van der Waals surface area contributed by atoms with E-state index in [4.69, 9.17) is 0 Å². The van der Waals surface area contributed by atoms with Crippen molar-refractivity contribution in [2.24, 2.45) is 0 Å². The van der Waals surface area contributed by atoms with Crippen molar-refractivity contribution in [1.82, 2.24) is 0 Å². The maximum absolute atomic E-state index is 13.0. The van der Waals surface area contributed by atoms with Crippen molar-refractivity contribution in [2.45, 2.75) is 162 Å². The Morgan fingerprint density at radius 3 is 0.849 bits per heavy atom. The normalized spacial score (nSPS) is 11.2. The van der Waals surface area contributed by atoms with Crippen molar-refractivity contribution in [3.05, 3.63) is 119 Å². The predicted molar refractivity (Wildman–Crippen MR) is 228 cm³/mol. The fourth-order valence-electron chi connectivity index (χ4n) is 7.41. The van der Waals surface area contributed by atoms with Gasteiger partial charge in [0.2, 0.25) is 0 Å². The molecular formula is C51H68O2. The lowest BCUT2D eigenvalue weighted by molar-refractivity contribution is 0.0894. The second-order valence-corrected chi connectivity index (χ2v) is 15.4. The number of hydrogen-bond acceptors (Lipinski definition) is 2. The fraction of sp³-hybridized carbons (Fsp3) is 0.490. The molecule has 0 saturated carbocycles. The van der Waals surface area contributed by atoms with Gasteiger partial charge in [-0.3, -0.25) is 9.59 Å². The molecule has 2 heteroatoms. The third kappa shape index (κ3) is 16.0. The van der Waals surface area contributed by atoms with Crippen LogP contribution < -0.4 is 0 Å². The first-order valence-electron chi connectivity index (χ1n) is 21.5.